The van der Waals surface area contributed by atoms with Crippen LogP contribution in [0.15, 0.2) is 30.5 Å². The third kappa shape index (κ3) is 4.02. The topological polar surface area (TPSA) is 93.4 Å². The minimum Gasteiger partial charge on any atom is -0.424 e. The van der Waals surface area contributed by atoms with Crippen LogP contribution in [0, 0.1) is 0 Å². The summed E-state index contributed by atoms with van der Waals surface area (Å²) in [4.78, 5) is 20.3. The first-order valence-corrected chi connectivity index (χ1v) is 7.82. The van der Waals surface area contributed by atoms with Gasteiger partial charge in [-0.2, -0.15) is 18.2 Å². The Balaban J connectivity index is 1.91. The zero-order valence-corrected chi connectivity index (χ0v) is 13.6. The molecule has 3 rings (SSSR count). The van der Waals surface area contributed by atoms with Crippen molar-refractivity contribution in [2.45, 2.75) is 6.18 Å². The first-order valence-electron chi connectivity index (χ1n) is 7.82. The third-order valence-corrected chi connectivity index (χ3v) is 3.83. The number of anilines is 1. The van der Waals surface area contributed by atoms with Gasteiger partial charge in [-0.05, 0) is 24.3 Å². The largest absolute Gasteiger partial charge is 0.424 e. The number of alkyl halides is 3. The van der Waals surface area contributed by atoms with Gasteiger partial charge in [0.15, 0.2) is 0 Å². The van der Waals surface area contributed by atoms with Crippen molar-refractivity contribution in [3.8, 4) is 11.8 Å². The number of hydrogen-bond acceptors (Lipinski definition) is 6. The molecular weight excluding hydrogens is 351 g/mol. The Morgan fingerprint density at radius 2 is 1.96 bits per heavy atom. The van der Waals surface area contributed by atoms with Crippen molar-refractivity contribution in [2.75, 3.05) is 31.1 Å². The van der Waals surface area contributed by atoms with Crippen LogP contribution in [-0.2, 0) is 6.18 Å². The third-order valence-electron chi connectivity index (χ3n) is 3.83. The molecule has 1 aliphatic heterocycles. The van der Waals surface area contributed by atoms with E-state index >= 15 is 0 Å². The highest BCUT2D eigenvalue weighted by Crippen LogP contribution is 2.39. The molecule has 138 valence electrons. The van der Waals surface area contributed by atoms with E-state index in [1.807, 2.05) is 0 Å². The van der Waals surface area contributed by atoms with Gasteiger partial charge in [-0.3, -0.25) is 4.79 Å². The SMILES string of the molecule is NC(=O)c1ccnc(Oc2ccc(N3CCNCC3)c(C(F)(F)F)c2)n1. The summed E-state index contributed by atoms with van der Waals surface area (Å²) in [5.74, 6) is -0.875. The van der Waals surface area contributed by atoms with Gasteiger partial charge in [-0.1, -0.05) is 0 Å². The van der Waals surface area contributed by atoms with Crippen molar-refractivity contribution in [2.24, 2.45) is 5.73 Å². The second kappa shape index (κ2) is 7.16. The lowest BCUT2D eigenvalue weighted by Crippen LogP contribution is -2.44. The van der Waals surface area contributed by atoms with Crippen LogP contribution in [0.3, 0.4) is 0 Å². The number of amides is 1. The molecule has 0 unspecified atom stereocenters. The molecule has 0 saturated carbocycles. The maximum atomic E-state index is 13.5. The molecule has 2 aromatic rings. The Labute approximate surface area is 147 Å². The number of nitrogens with zero attached hydrogens (tertiary/aromatic N) is 3. The van der Waals surface area contributed by atoms with Gasteiger partial charge in [0.1, 0.15) is 11.4 Å². The summed E-state index contributed by atoms with van der Waals surface area (Å²) in [6.07, 6.45) is -3.31. The van der Waals surface area contributed by atoms with Gasteiger partial charge >= 0.3 is 12.2 Å². The molecule has 10 heteroatoms. The van der Waals surface area contributed by atoms with Crippen LogP contribution >= 0.6 is 0 Å². The van der Waals surface area contributed by atoms with Gasteiger partial charge in [-0.25, -0.2) is 4.98 Å². The average Bonchev–Trinajstić information content (AvgIpc) is 2.62. The lowest BCUT2D eigenvalue weighted by molar-refractivity contribution is -0.137. The summed E-state index contributed by atoms with van der Waals surface area (Å²) < 4.78 is 45.8. The number of ether oxygens (including phenoxy) is 1. The van der Waals surface area contributed by atoms with Crippen LogP contribution in [0.4, 0.5) is 18.9 Å². The monoisotopic (exact) mass is 367 g/mol. The summed E-state index contributed by atoms with van der Waals surface area (Å²) in [5, 5.41) is 3.10. The molecule has 1 aliphatic rings. The first-order chi connectivity index (χ1) is 12.3. The van der Waals surface area contributed by atoms with E-state index in [1.165, 1.54) is 24.4 Å². The maximum absolute atomic E-state index is 13.5. The second-order valence-corrected chi connectivity index (χ2v) is 5.60. The summed E-state index contributed by atoms with van der Waals surface area (Å²) >= 11 is 0. The maximum Gasteiger partial charge on any atom is 0.418 e. The number of carbonyl (C=O) groups excluding carboxylic acids is 1. The lowest BCUT2D eigenvalue weighted by Gasteiger charge is -2.31. The van der Waals surface area contributed by atoms with Crippen molar-refractivity contribution in [3.63, 3.8) is 0 Å². The van der Waals surface area contributed by atoms with Crippen LogP contribution in [-0.4, -0.2) is 42.1 Å². The molecule has 0 bridgehead atoms. The van der Waals surface area contributed by atoms with Crippen molar-refractivity contribution in [1.82, 2.24) is 15.3 Å². The molecule has 1 fully saturated rings. The molecule has 0 radical (unpaired) electrons. The smallest absolute Gasteiger partial charge is 0.418 e. The molecule has 2 heterocycles. The fraction of sp³-hybridized carbons (Fsp3) is 0.312. The van der Waals surface area contributed by atoms with Crippen LogP contribution in [0.25, 0.3) is 0 Å². The van der Waals surface area contributed by atoms with Crippen LogP contribution < -0.4 is 20.7 Å². The number of carbonyl (C=O) groups is 1. The highest BCUT2D eigenvalue weighted by atomic mass is 19.4. The van der Waals surface area contributed by atoms with E-state index in [0.29, 0.717) is 26.2 Å². The van der Waals surface area contributed by atoms with E-state index in [2.05, 4.69) is 15.3 Å². The van der Waals surface area contributed by atoms with E-state index in [0.717, 1.165) is 6.07 Å². The summed E-state index contributed by atoms with van der Waals surface area (Å²) in [7, 11) is 0. The molecule has 0 aliphatic carbocycles. The van der Waals surface area contributed by atoms with Gasteiger partial charge in [0, 0.05) is 38.1 Å². The normalized spacial score (nSPS) is 15.0. The Hall–Kier alpha value is -2.88. The quantitative estimate of drug-likeness (QED) is 0.856. The van der Waals surface area contributed by atoms with Gasteiger partial charge in [-0.15, -0.1) is 0 Å². The molecule has 1 amide bonds. The molecule has 1 aromatic carbocycles. The highest BCUT2D eigenvalue weighted by Gasteiger charge is 2.35. The zero-order chi connectivity index (χ0) is 18.7. The average molecular weight is 367 g/mol. The minimum absolute atomic E-state index is 0.0853. The van der Waals surface area contributed by atoms with Crippen molar-refractivity contribution < 1.29 is 22.7 Å². The number of hydrogen-bond donors (Lipinski definition) is 2. The number of halogens is 3. The molecule has 0 atom stereocenters. The molecule has 26 heavy (non-hydrogen) atoms. The Kier molecular flexibility index (Phi) is 4.94. The van der Waals surface area contributed by atoms with E-state index < -0.39 is 17.6 Å². The van der Waals surface area contributed by atoms with Crippen LogP contribution in [0.2, 0.25) is 0 Å². The van der Waals surface area contributed by atoms with Crippen LogP contribution in [0.1, 0.15) is 16.1 Å². The van der Waals surface area contributed by atoms with Crippen molar-refractivity contribution in [3.05, 3.63) is 41.7 Å². The fourth-order valence-corrected chi connectivity index (χ4v) is 2.62. The molecule has 3 N–H and O–H groups in total. The number of aromatic nitrogens is 2. The summed E-state index contributed by atoms with van der Waals surface area (Å²) in [6, 6.07) is 4.69. The Morgan fingerprint density at radius 3 is 2.62 bits per heavy atom. The number of nitrogens with two attached hydrogens (primary N) is 1. The van der Waals surface area contributed by atoms with Crippen molar-refractivity contribution >= 4 is 11.6 Å². The second-order valence-electron chi connectivity index (χ2n) is 5.60. The molecule has 7 nitrogen and oxygen atoms in total. The van der Waals surface area contributed by atoms with E-state index in [1.54, 1.807) is 4.90 Å². The minimum atomic E-state index is -4.55. The van der Waals surface area contributed by atoms with E-state index in [9.17, 15) is 18.0 Å². The predicted octanol–water partition coefficient (Wildman–Crippen LogP) is 1.80. The summed E-state index contributed by atoms with van der Waals surface area (Å²) in [5.41, 5.74) is 4.31. The molecule has 1 saturated heterocycles. The zero-order valence-electron chi connectivity index (χ0n) is 13.6. The van der Waals surface area contributed by atoms with E-state index in [4.69, 9.17) is 10.5 Å². The molecular formula is C16H16F3N5O2. The first kappa shape index (κ1) is 17.9. The number of piperazine rings is 1. The fourth-order valence-electron chi connectivity index (χ4n) is 2.62. The van der Waals surface area contributed by atoms with Gasteiger partial charge in [0.05, 0.1) is 5.56 Å². The number of benzene rings is 1. The Bertz CT molecular complexity index is 807. The van der Waals surface area contributed by atoms with Gasteiger partial charge in [0.25, 0.3) is 5.91 Å². The number of nitrogens with one attached hydrogen (secondary N) is 1. The molecule has 0 spiro atoms. The van der Waals surface area contributed by atoms with Crippen LogP contribution in [0.5, 0.6) is 11.8 Å². The van der Waals surface area contributed by atoms with Crippen molar-refractivity contribution in [1.29, 1.82) is 0 Å². The summed E-state index contributed by atoms with van der Waals surface area (Å²) in [6.45, 7) is 2.19. The van der Waals surface area contributed by atoms with E-state index in [-0.39, 0.29) is 23.1 Å². The molecule has 1 aromatic heterocycles. The van der Waals surface area contributed by atoms with Gasteiger partial charge < -0.3 is 20.7 Å². The Morgan fingerprint density at radius 1 is 1.23 bits per heavy atom. The predicted molar refractivity (Wildman–Crippen MR) is 87.2 cm³/mol. The van der Waals surface area contributed by atoms with Gasteiger partial charge in [0.2, 0.25) is 0 Å². The number of primary amides is 1. The lowest BCUT2D eigenvalue weighted by atomic mass is 10.1. The number of rotatable bonds is 4. The standard InChI is InChI=1S/C16H16F3N5O2/c17-16(18,19)11-9-10(1-2-13(11)24-7-5-21-6-8-24)26-15-22-4-3-12(23-15)14(20)25/h1-4,9,21H,5-8H2,(H2,20,25). The highest BCUT2D eigenvalue weighted by molar-refractivity contribution is 5.90.